The van der Waals surface area contributed by atoms with Gasteiger partial charge in [-0.25, -0.2) is 9.78 Å². The van der Waals surface area contributed by atoms with Crippen molar-refractivity contribution < 1.29 is 19.6 Å². The van der Waals surface area contributed by atoms with Crippen LogP contribution in [0.2, 0.25) is 0 Å². The van der Waals surface area contributed by atoms with Gasteiger partial charge in [0, 0.05) is 24.7 Å². The third kappa shape index (κ3) is 3.91. The van der Waals surface area contributed by atoms with Crippen LogP contribution in [0.4, 0.5) is 11.5 Å². The number of carbonyl (C=O) groups excluding carboxylic acids is 1. The summed E-state index contributed by atoms with van der Waals surface area (Å²) in [5, 5.41) is 22.2. The molecule has 4 N–H and O–H groups in total. The molecule has 1 amide bonds. The van der Waals surface area contributed by atoms with E-state index in [0.717, 1.165) is 12.3 Å². The molecule has 0 fully saturated rings. The Morgan fingerprint density at radius 2 is 2.26 bits per heavy atom. The number of hydrogen-bond acceptors (Lipinski definition) is 6. The molecule has 9 nitrogen and oxygen atoms in total. The molecule has 0 spiro atoms. The van der Waals surface area contributed by atoms with Gasteiger partial charge in [-0.3, -0.25) is 14.9 Å². The molecule has 1 unspecified atom stereocenters. The number of anilines is 1. The minimum absolute atomic E-state index is 0.0283. The average molecular weight is 268 g/mol. The van der Waals surface area contributed by atoms with Crippen LogP contribution in [-0.2, 0) is 4.79 Å². The van der Waals surface area contributed by atoms with Crippen LogP contribution in [0.15, 0.2) is 12.3 Å². The normalized spacial score (nSPS) is 11.6. The largest absolute Gasteiger partial charge is 0.478 e. The van der Waals surface area contributed by atoms with Gasteiger partial charge in [-0.15, -0.1) is 0 Å². The molecule has 1 heterocycles. The van der Waals surface area contributed by atoms with E-state index in [0.29, 0.717) is 0 Å². The van der Waals surface area contributed by atoms with Crippen molar-refractivity contribution >= 4 is 23.4 Å². The Kier molecular flexibility index (Phi) is 4.35. The number of nitrogens with two attached hydrogens (primary N) is 1. The molecule has 1 atom stereocenters. The molecule has 0 saturated heterocycles. The summed E-state index contributed by atoms with van der Waals surface area (Å²) in [7, 11) is 0. The molecule has 0 aliphatic carbocycles. The number of nitrogens with zero attached hydrogens (tertiary/aromatic N) is 2. The van der Waals surface area contributed by atoms with Crippen molar-refractivity contribution in [3.63, 3.8) is 0 Å². The van der Waals surface area contributed by atoms with E-state index in [4.69, 9.17) is 10.8 Å². The standard InChI is InChI=1S/C10H12N4O5/c1-5(2-8(11)15)13-9-7(14(18)19)3-6(4-12-9)10(16)17/h3-5H,2H2,1H3,(H2,11,15)(H,12,13)(H,16,17). The maximum Gasteiger partial charge on any atom is 0.337 e. The Labute approximate surface area is 107 Å². The molecule has 0 bridgehead atoms. The number of aromatic nitrogens is 1. The predicted molar refractivity (Wildman–Crippen MR) is 64.7 cm³/mol. The van der Waals surface area contributed by atoms with Gasteiger partial charge >= 0.3 is 11.7 Å². The Bertz CT molecular complexity index is 531. The molecule has 1 aromatic rings. The Hall–Kier alpha value is -2.71. The van der Waals surface area contributed by atoms with Crippen molar-refractivity contribution in [1.29, 1.82) is 0 Å². The monoisotopic (exact) mass is 268 g/mol. The number of carboxylic acid groups (broad SMARTS) is 1. The quantitative estimate of drug-likeness (QED) is 0.498. The highest BCUT2D eigenvalue weighted by atomic mass is 16.6. The van der Waals surface area contributed by atoms with Crippen LogP contribution < -0.4 is 11.1 Å². The van der Waals surface area contributed by atoms with Gasteiger partial charge in [-0.2, -0.15) is 0 Å². The van der Waals surface area contributed by atoms with Gasteiger partial charge in [0.05, 0.1) is 10.5 Å². The molecule has 19 heavy (non-hydrogen) atoms. The second kappa shape index (κ2) is 5.76. The number of carboxylic acids is 1. The number of primary amides is 1. The molecule has 1 rings (SSSR count). The molecule has 0 aliphatic heterocycles. The molecular weight excluding hydrogens is 256 g/mol. The summed E-state index contributed by atoms with van der Waals surface area (Å²) in [6.07, 6.45) is 0.966. The molecule has 0 aliphatic rings. The van der Waals surface area contributed by atoms with Gasteiger partial charge in [0.25, 0.3) is 0 Å². The van der Waals surface area contributed by atoms with E-state index >= 15 is 0 Å². The van der Waals surface area contributed by atoms with Crippen LogP contribution in [0.3, 0.4) is 0 Å². The molecule has 0 aromatic carbocycles. The van der Waals surface area contributed by atoms with Crippen molar-refractivity contribution in [1.82, 2.24) is 4.98 Å². The van der Waals surface area contributed by atoms with Gasteiger partial charge in [0.15, 0.2) is 0 Å². The van der Waals surface area contributed by atoms with E-state index in [1.54, 1.807) is 6.92 Å². The van der Waals surface area contributed by atoms with Gasteiger partial charge in [-0.05, 0) is 6.92 Å². The van der Waals surface area contributed by atoms with Crippen LogP contribution in [0.1, 0.15) is 23.7 Å². The molecule has 0 saturated carbocycles. The van der Waals surface area contributed by atoms with Crippen molar-refractivity contribution in [3.8, 4) is 0 Å². The first-order chi connectivity index (χ1) is 8.81. The number of nitrogens with one attached hydrogen (secondary N) is 1. The van der Waals surface area contributed by atoms with Gasteiger partial charge in [0.2, 0.25) is 11.7 Å². The maximum absolute atomic E-state index is 10.8. The fraction of sp³-hybridized carbons (Fsp3) is 0.300. The lowest BCUT2D eigenvalue weighted by molar-refractivity contribution is -0.384. The number of carbonyl (C=O) groups is 2. The second-order valence-corrected chi connectivity index (χ2v) is 3.87. The molecule has 0 radical (unpaired) electrons. The average Bonchev–Trinajstić information content (AvgIpc) is 2.27. The van der Waals surface area contributed by atoms with Crippen LogP contribution >= 0.6 is 0 Å². The maximum atomic E-state index is 10.8. The molecule has 1 aromatic heterocycles. The number of hydrogen-bond donors (Lipinski definition) is 3. The van der Waals surface area contributed by atoms with Crippen LogP contribution in [0.25, 0.3) is 0 Å². The molecule has 9 heteroatoms. The Morgan fingerprint density at radius 1 is 1.63 bits per heavy atom. The first-order valence-electron chi connectivity index (χ1n) is 5.23. The smallest absolute Gasteiger partial charge is 0.337 e. The molecule has 102 valence electrons. The highest BCUT2D eigenvalue weighted by Crippen LogP contribution is 2.23. The summed E-state index contributed by atoms with van der Waals surface area (Å²) < 4.78 is 0. The summed E-state index contributed by atoms with van der Waals surface area (Å²) in [6, 6.07) is 0.439. The topological polar surface area (TPSA) is 148 Å². The lowest BCUT2D eigenvalue weighted by Crippen LogP contribution is -2.24. The van der Waals surface area contributed by atoms with E-state index in [9.17, 15) is 19.7 Å². The van der Waals surface area contributed by atoms with Crippen molar-refractivity contribution in [2.75, 3.05) is 5.32 Å². The minimum Gasteiger partial charge on any atom is -0.478 e. The number of aromatic carboxylic acids is 1. The van der Waals surface area contributed by atoms with E-state index < -0.39 is 28.5 Å². The zero-order valence-electron chi connectivity index (χ0n) is 9.99. The highest BCUT2D eigenvalue weighted by molar-refractivity contribution is 5.88. The Morgan fingerprint density at radius 3 is 2.74 bits per heavy atom. The van der Waals surface area contributed by atoms with Crippen LogP contribution in [0.5, 0.6) is 0 Å². The van der Waals surface area contributed by atoms with Gasteiger partial charge in [-0.1, -0.05) is 0 Å². The van der Waals surface area contributed by atoms with Crippen molar-refractivity contribution in [2.24, 2.45) is 5.73 Å². The summed E-state index contributed by atoms with van der Waals surface area (Å²) in [5.74, 6) is -1.99. The zero-order chi connectivity index (χ0) is 14.6. The summed E-state index contributed by atoms with van der Waals surface area (Å²) in [5.41, 5.74) is 4.23. The van der Waals surface area contributed by atoms with Gasteiger partial charge < -0.3 is 16.2 Å². The summed E-state index contributed by atoms with van der Waals surface area (Å²) in [6.45, 7) is 1.60. The second-order valence-electron chi connectivity index (χ2n) is 3.87. The first-order valence-corrected chi connectivity index (χ1v) is 5.23. The van der Waals surface area contributed by atoms with Crippen LogP contribution in [-0.4, -0.2) is 32.9 Å². The lowest BCUT2D eigenvalue weighted by Gasteiger charge is -2.12. The number of rotatable bonds is 6. The zero-order valence-corrected chi connectivity index (χ0v) is 9.99. The molecular formula is C10H12N4O5. The van der Waals surface area contributed by atoms with Crippen LogP contribution in [0, 0.1) is 10.1 Å². The summed E-state index contributed by atoms with van der Waals surface area (Å²) in [4.78, 5) is 35.2. The van der Waals surface area contributed by atoms with E-state index in [1.165, 1.54) is 0 Å². The number of amides is 1. The first kappa shape index (κ1) is 14.4. The third-order valence-electron chi connectivity index (χ3n) is 2.20. The van der Waals surface area contributed by atoms with Crippen molar-refractivity contribution in [3.05, 3.63) is 27.9 Å². The highest BCUT2D eigenvalue weighted by Gasteiger charge is 2.20. The van der Waals surface area contributed by atoms with Crippen molar-refractivity contribution in [2.45, 2.75) is 19.4 Å². The number of pyridine rings is 1. The lowest BCUT2D eigenvalue weighted by atomic mass is 10.2. The predicted octanol–water partition coefficient (Wildman–Crippen LogP) is 0.364. The minimum atomic E-state index is -1.31. The van der Waals surface area contributed by atoms with E-state index in [-0.39, 0.29) is 17.8 Å². The Balaban J connectivity index is 3.03. The van der Waals surface area contributed by atoms with E-state index in [1.807, 2.05) is 0 Å². The number of nitro groups is 1. The fourth-order valence-electron chi connectivity index (χ4n) is 1.41. The van der Waals surface area contributed by atoms with Gasteiger partial charge in [0.1, 0.15) is 0 Å². The third-order valence-corrected chi connectivity index (χ3v) is 2.20. The fourth-order valence-corrected chi connectivity index (χ4v) is 1.41. The SMILES string of the molecule is CC(CC(N)=O)Nc1ncc(C(=O)O)cc1[N+](=O)[O-]. The van der Waals surface area contributed by atoms with E-state index in [2.05, 4.69) is 10.3 Å². The summed E-state index contributed by atoms with van der Waals surface area (Å²) >= 11 is 0.